The molecule has 1 aromatic rings. The molecule has 0 spiro atoms. The van der Waals surface area contributed by atoms with Crippen LogP contribution in [0.5, 0.6) is 0 Å². The summed E-state index contributed by atoms with van der Waals surface area (Å²) in [6.07, 6.45) is 3.75. The molecule has 3 rings (SSSR count). The fourth-order valence-corrected chi connectivity index (χ4v) is 3.28. The molecule has 2 aliphatic heterocycles. The Morgan fingerprint density at radius 2 is 2.22 bits per heavy atom. The number of carbonyl (C=O) groups excluding carboxylic acids is 1. The number of amides is 1. The first-order valence-electron chi connectivity index (χ1n) is 6.18. The van der Waals surface area contributed by atoms with Crippen molar-refractivity contribution in [1.82, 2.24) is 4.90 Å². The molecule has 5 nitrogen and oxygen atoms in total. The minimum atomic E-state index is -0.789. The maximum absolute atomic E-state index is 12.4. The summed E-state index contributed by atoms with van der Waals surface area (Å²) >= 11 is 0. The predicted molar refractivity (Wildman–Crippen MR) is 62.2 cm³/mol. The number of aryl methyl sites for hydroxylation is 1. The van der Waals surface area contributed by atoms with Crippen LogP contribution in [-0.4, -0.2) is 34.0 Å². The van der Waals surface area contributed by atoms with Crippen LogP contribution >= 0.6 is 0 Å². The van der Waals surface area contributed by atoms with Crippen LogP contribution in [0.1, 0.15) is 35.4 Å². The molecule has 2 fully saturated rings. The van der Waals surface area contributed by atoms with Crippen LogP contribution in [0.4, 0.5) is 0 Å². The maximum Gasteiger partial charge on any atom is 0.308 e. The van der Waals surface area contributed by atoms with Crippen molar-refractivity contribution in [3.8, 4) is 0 Å². The number of furan rings is 1. The Labute approximate surface area is 104 Å². The fraction of sp³-hybridized carbons (Fsp3) is 0.538. The molecule has 5 heteroatoms. The summed E-state index contributed by atoms with van der Waals surface area (Å²) in [5, 5.41) is 9.15. The Bertz CT molecular complexity index is 507. The number of hydrogen-bond donors (Lipinski definition) is 1. The van der Waals surface area contributed by atoms with Crippen molar-refractivity contribution in [2.24, 2.45) is 5.92 Å². The molecule has 0 aliphatic carbocycles. The highest BCUT2D eigenvalue weighted by molar-refractivity contribution is 5.95. The summed E-state index contributed by atoms with van der Waals surface area (Å²) in [4.78, 5) is 25.3. The molecule has 3 unspecified atom stereocenters. The Hall–Kier alpha value is -1.78. The lowest BCUT2D eigenvalue weighted by molar-refractivity contribution is -0.142. The Morgan fingerprint density at radius 3 is 2.78 bits per heavy atom. The van der Waals surface area contributed by atoms with E-state index >= 15 is 0 Å². The Balaban J connectivity index is 1.85. The van der Waals surface area contributed by atoms with Gasteiger partial charge in [0.05, 0.1) is 11.5 Å². The molecule has 2 bridgehead atoms. The third kappa shape index (κ3) is 1.54. The van der Waals surface area contributed by atoms with Crippen LogP contribution < -0.4 is 0 Å². The largest absolute Gasteiger partial charge is 0.481 e. The van der Waals surface area contributed by atoms with E-state index in [0.29, 0.717) is 17.7 Å². The van der Waals surface area contributed by atoms with Gasteiger partial charge < -0.3 is 14.4 Å². The molecule has 18 heavy (non-hydrogen) atoms. The van der Waals surface area contributed by atoms with E-state index in [1.165, 1.54) is 6.26 Å². The van der Waals surface area contributed by atoms with Gasteiger partial charge in [0.2, 0.25) is 0 Å². The minimum Gasteiger partial charge on any atom is -0.481 e. The lowest BCUT2D eigenvalue weighted by Crippen LogP contribution is -2.37. The number of aliphatic carboxylic acids is 1. The quantitative estimate of drug-likeness (QED) is 0.865. The molecule has 0 aromatic carbocycles. The summed E-state index contributed by atoms with van der Waals surface area (Å²) in [6, 6.07) is 1.64. The topological polar surface area (TPSA) is 70.8 Å². The number of nitrogens with zero attached hydrogens (tertiary/aromatic N) is 1. The SMILES string of the molecule is Cc1cc(C(=O)N2C3CCC2C(C(=O)O)C3)co1. The first kappa shape index (κ1) is 11.3. The van der Waals surface area contributed by atoms with Gasteiger partial charge in [0.15, 0.2) is 0 Å². The van der Waals surface area contributed by atoms with Crippen LogP contribution in [-0.2, 0) is 4.79 Å². The lowest BCUT2D eigenvalue weighted by Gasteiger charge is -2.22. The average molecular weight is 249 g/mol. The van der Waals surface area contributed by atoms with E-state index in [1.54, 1.807) is 17.9 Å². The number of fused-ring (bicyclic) bond motifs is 2. The fourth-order valence-electron chi connectivity index (χ4n) is 3.28. The molecule has 1 amide bonds. The van der Waals surface area contributed by atoms with Crippen molar-refractivity contribution in [2.45, 2.75) is 38.3 Å². The van der Waals surface area contributed by atoms with Gasteiger partial charge in [-0.3, -0.25) is 9.59 Å². The van der Waals surface area contributed by atoms with E-state index in [2.05, 4.69) is 0 Å². The molecule has 1 N–H and O–H groups in total. The van der Waals surface area contributed by atoms with Crippen molar-refractivity contribution in [3.63, 3.8) is 0 Å². The Kier molecular flexibility index (Phi) is 2.43. The first-order valence-corrected chi connectivity index (χ1v) is 6.18. The zero-order chi connectivity index (χ0) is 12.9. The number of hydrogen-bond acceptors (Lipinski definition) is 3. The normalized spacial score (nSPS) is 29.8. The van der Waals surface area contributed by atoms with Crippen LogP contribution in [0.15, 0.2) is 16.7 Å². The maximum atomic E-state index is 12.4. The summed E-state index contributed by atoms with van der Waals surface area (Å²) in [5.74, 6) is -0.591. The van der Waals surface area contributed by atoms with E-state index in [4.69, 9.17) is 9.52 Å². The number of rotatable bonds is 2. The van der Waals surface area contributed by atoms with Gasteiger partial charge in [-0.15, -0.1) is 0 Å². The first-order chi connectivity index (χ1) is 8.58. The third-order valence-electron chi connectivity index (χ3n) is 4.07. The van der Waals surface area contributed by atoms with E-state index < -0.39 is 11.9 Å². The summed E-state index contributed by atoms with van der Waals surface area (Å²) in [6.45, 7) is 1.79. The molecule has 2 saturated heterocycles. The van der Waals surface area contributed by atoms with Gasteiger partial charge in [0.25, 0.3) is 5.91 Å². The molecule has 0 radical (unpaired) electrons. The molecule has 2 aliphatic rings. The monoisotopic (exact) mass is 249 g/mol. The van der Waals surface area contributed by atoms with Gasteiger partial charge in [-0.25, -0.2) is 0 Å². The van der Waals surface area contributed by atoms with E-state index in [9.17, 15) is 9.59 Å². The van der Waals surface area contributed by atoms with E-state index in [1.807, 2.05) is 0 Å². The van der Waals surface area contributed by atoms with Crippen LogP contribution in [0.3, 0.4) is 0 Å². The smallest absolute Gasteiger partial charge is 0.308 e. The summed E-state index contributed by atoms with van der Waals surface area (Å²) in [5.41, 5.74) is 0.524. The second-order valence-electron chi connectivity index (χ2n) is 5.14. The third-order valence-corrected chi connectivity index (χ3v) is 4.07. The molecule has 96 valence electrons. The average Bonchev–Trinajstić information content (AvgIpc) is 3.01. The molecule has 1 aromatic heterocycles. The number of carboxylic acid groups (broad SMARTS) is 1. The van der Waals surface area contributed by atoms with Crippen LogP contribution in [0.25, 0.3) is 0 Å². The zero-order valence-electron chi connectivity index (χ0n) is 10.1. The zero-order valence-corrected chi connectivity index (χ0v) is 10.1. The van der Waals surface area contributed by atoms with E-state index in [0.717, 1.165) is 12.8 Å². The highest BCUT2D eigenvalue weighted by Crippen LogP contribution is 2.42. The van der Waals surface area contributed by atoms with Gasteiger partial charge in [0, 0.05) is 12.1 Å². The van der Waals surface area contributed by atoms with Gasteiger partial charge in [-0.1, -0.05) is 0 Å². The van der Waals surface area contributed by atoms with Gasteiger partial charge in [-0.05, 0) is 32.3 Å². The number of carboxylic acids is 1. The van der Waals surface area contributed by atoms with E-state index in [-0.39, 0.29) is 18.0 Å². The molecule has 0 saturated carbocycles. The van der Waals surface area contributed by atoms with Gasteiger partial charge in [-0.2, -0.15) is 0 Å². The summed E-state index contributed by atoms with van der Waals surface area (Å²) < 4.78 is 5.15. The van der Waals surface area contributed by atoms with Crippen molar-refractivity contribution in [3.05, 3.63) is 23.7 Å². The van der Waals surface area contributed by atoms with Gasteiger partial charge >= 0.3 is 5.97 Å². The highest BCUT2D eigenvalue weighted by Gasteiger charge is 2.51. The second kappa shape index (κ2) is 3.86. The number of carbonyl (C=O) groups is 2. The van der Waals surface area contributed by atoms with Crippen LogP contribution in [0, 0.1) is 12.8 Å². The van der Waals surface area contributed by atoms with Crippen molar-refractivity contribution in [2.75, 3.05) is 0 Å². The lowest BCUT2D eigenvalue weighted by atomic mass is 9.89. The van der Waals surface area contributed by atoms with Crippen molar-refractivity contribution >= 4 is 11.9 Å². The Morgan fingerprint density at radius 1 is 1.44 bits per heavy atom. The van der Waals surface area contributed by atoms with Crippen molar-refractivity contribution in [1.29, 1.82) is 0 Å². The van der Waals surface area contributed by atoms with Crippen LogP contribution in [0.2, 0.25) is 0 Å². The molecular formula is C13H15NO4. The standard InChI is InChI=1S/C13H15NO4/c1-7-4-8(6-18-7)12(15)14-9-2-3-11(14)10(5-9)13(16)17/h4,6,9-11H,2-3,5H2,1H3,(H,16,17). The van der Waals surface area contributed by atoms with Gasteiger partial charge in [0.1, 0.15) is 12.0 Å². The molecule has 3 heterocycles. The molecular weight excluding hydrogens is 234 g/mol. The summed E-state index contributed by atoms with van der Waals surface area (Å²) in [7, 11) is 0. The second-order valence-corrected chi connectivity index (χ2v) is 5.14. The minimum absolute atomic E-state index is 0.0822. The van der Waals surface area contributed by atoms with Crippen molar-refractivity contribution < 1.29 is 19.1 Å². The molecule has 3 atom stereocenters. The highest BCUT2D eigenvalue weighted by atomic mass is 16.4. The predicted octanol–water partition coefficient (Wildman–Crippen LogP) is 1.67.